The lowest BCUT2D eigenvalue weighted by Crippen LogP contribution is -2.33. The summed E-state index contributed by atoms with van der Waals surface area (Å²) >= 11 is 2.04. The van der Waals surface area contributed by atoms with Crippen LogP contribution in [0.25, 0.3) is 0 Å². The first-order chi connectivity index (χ1) is 7.56. The molecule has 0 aromatic heterocycles. The Morgan fingerprint density at radius 3 is 2.38 bits per heavy atom. The molecule has 1 aliphatic heterocycles. The standard InChI is InChI=1S/C14H21NS/c1-8-6-7-9(2)14-12(8)13(15-5)10(3)11(4)16-14/h6-7,10-11,13,15H,1-5H3. The van der Waals surface area contributed by atoms with Gasteiger partial charge < -0.3 is 5.32 Å². The Kier molecular flexibility index (Phi) is 3.32. The van der Waals surface area contributed by atoms with Crippen molar-refractivity contribution in [3.63, 3.8) is 0 Å². The summed E-state index contributed by atoms with van der Waals surface area (Å²) in [6.07, 6.45) is 0. The Labute approximate surface area is 103 Å². The SMILES string of the molecule is CNC1c2c(C)ccc(C)c2SC(C)C1C. The molecule has 0 fully saturated rings. The lowest BCUT2D eigenvalue weighted by atomic mass is 9.88. The van der Waals surface area contributed by atoms with Crippen LogP contribution in [0.15, 0.2) is 17.0 Å². The first kappa shape index (κ1) is 12.0. The monoisotopic (exact) mass is 235 g/mol. The second kappa shape index (κ2) is 4.42. The molecule has 0 radical (unpaired) electrons. The van der Waals surface area contributed by atoms with Crippen LogP contribution in [0.4, 0.5) is 0 Å². The number of hydrogen-bond acceptors (Lipinski definition) is 2. The molecule has 0 saturated carbocycles. The molecule has 0 bridgehead atoms. The van der Waals surface area contributed by atoms with E-state index in [1.807, 2.05) is 11.8 Å². The fourth-order valence-corrected chi connectivity index (χ4v) is 4.00. The van der Waals surface area contributed by atoms with E-state index in [9.17, 15) is 0 Å². The lowest BCUT2D eigenvalue weighted by molar-refractivity contribution is 0.394. The normalized spacial score (nSPS) is 28.9. The van der Waals surface area contributed by atoms with Gasteiger partial charge in [0.15, 0.2) is 0 Å². The topological polar surface area (TPSA) is 12.0 Å². The molecular formula is C14H21NS. The van der Waals surface area contributed by atoms with Crippen LogP contribution < -0.4 is 5.32 Å². The van der Waals surface area contributed by atoms with Crippen LogP contribution in [-0.4, -0.2) is 12.3 Å². The summed E-state index contributed by atoms with van der Waals surface area (Å²) in [4.78, 5) is 1.50. The number of benzene rings is 1. The highest BCUT2D eigenvalue weighted by atomic mass is 32.2. The summed E-state index contributed by atoms with van der Waals surface area (Å²) < 4.78 is 0. The Hall–Kier alpha value is -0.470. The average Bonchev–Trinajstić information content (AvgIpc) is 2.26. The van der Waals surface area contributed by atoms with Gasteiger partial charge in [-0.2, -0.15) is 0 Å². The van der Waals surface area contributed by atoms with Gasteiger partial charge in [-0.1, -0.05) is 26.0 Å². The smallest absolute Gasteiger partial charge is 0.0368 e. The predicted octanol–water partition coefficient (Wildman–Crippen LogP) is 3.69. The van der Waals surface area contributed by atoms with E-state index >= 15 is 0 Å². The molecule has 16 heavy (non-hydrogen) atoms. The van der Waals surface area contributed by atoms with Crippen LogP contribution in [-0.2, 0) is 0 Å². The summed E-state index contributed by atoms with van der Waals surface area (Å²) in [5.74, 6) is 0.683. The number of fused-ring (bicyclic) bond motifs is 1. The minimum Gasteiger partial charge on any atom is -0.313 e. The van der Waals surface area contributed by atoms with Crippen LogP contribution in [0.3, 0.4) is 0 Å². The van der Waals surface area contributed by atoms with Crippen molar-refractivity contribution < 1.29 is 0 Å². The minimum atomic E-state index is 0.506. The van der Waals surface area contributed by atoms with Gasteiger partial charge in [0.25, 0.3) is 0 Å². The molecular weight excluding hydrogens is 214 g/mol. The highest BCUT2D eigenvalue weighted by molar-refractivity contribution is 8.00. The quantitative estimate of drug-likeness (QED) is 0.796. The van der Waals surface area contributed by atoms with E-state index in [4.69, 9.17) is 0 Å². The summed E-state index contributed by atoms with van der Waals surface area (Å²) in [7, 11) is 2.08. The third-order valence-electron chi connectivity index (χ3n) is 3.80. The highest BCUT2D eigenvalue weighted by Crippen LogP contribution is 2.46. The molecule has 0 spiro atoms. The molecule has 0 aliphatic carbocycles. The van der Waals surface area contributed by atoms with Crippen LogP contribution in [0.1, 0.15) is 36.6 Å². The maximum atomic E-state index is 3.50. The van der Waals surface area contributed by atoms with Crippen molar-refractivity contribution in [2.45, 2.75) is 43.9 Å². The molecule has 2 rings (SSSR count). The summed E-state index contributed by atoms with van der Waals surface area (Å²) in [6, 6.07) is 5.00. The van der Waals surface area contributed by atoms with Gasteiger partial charge in [0.2, 0.25) is 0 Å². The Bertz CT molecular complexity index is 400. The third kappa shape index (κ3) is 1.78. The van der Waals surface area contributed by atoms with Gasteiger partial charge in [0.05, 0.1) is 0 Å². The van der Waals surface area contributed by atoms with Gasteiger partial charge in [0.1, 0.15) is 0 Å². The van der Waals surface area contributed by atoms with E-state index < -0.39 is 0 Å². The molecule has 3 atom stereocenters. The fraction of sp³-hybridized carbons (Fsp3) is 0.571. The number of aryl methyl sites for hydroxylation is 2. The van der Waals surface area contributed by atoms with E-state index in [-0.39, 0.29) is 0 Å². The maximum Gasteiger partial charge on any atom is 0.0368 e. The van der Waals surface area contributed by atoms with Gasteiger partial charge in [-0.15, -0.1) is 11.8 Å². The number of hydrogen-bond donors (Lipinski definition) is 1. The second-order valence-electron chi connectivity index (χ2n) is 4.89. The second-order valence-corrected chi connectivity index (χ2v) is 6.28. The Morgan fingerprint density at radius 2 is 1.75 bits per heavy atom. The molecule has 2 heteroatoms. The average molecular weight is 235 g/mol. The molecule has 1 N–H and O–H groups in total. The third-order valence-corrected chi connectivity index (χ3v) is 5.38. The first-order valence-corrected chi connectivity index (χ1v) is 6.88. The van der Waals surface area contributed by atoms with Gasteiger partial charge >= 0.3 is 0 Å². The maximum absolute atomic E-state index is 3.50. The zero-order chi connectivity index (χ0) is 11.9. The van der Waals surface area contributed by atoms with Crippen molar-refractivity contribution in [3.8, 4) is 0 Å². The zero-order valence-electron chi connectivity index (χ0n) is 10.8. The number of nitrogens with one attached hydrogen (secondary N) is 1. The Morgan fingerprint density at radius 1 is 1.12 bits per heavy atom. The minimum absolute atomic E-state index is 0.506. The largest absolute Gasteiger partial charge is 0.313 e. The summed E-state index contributed by atoms with van der Waals surface area (Å²) in [6.45, 7) is 9.14. The summed E-state index contributed by atoms with van der Waals surface area (Å²) in [5, 5.41) is 4.18. The number of thioether (sulfide) groups is 1. The molecule has 0 amide bonds. The van der Waals surface area contributed by atoms with Crippen LogP contribution in [0.5, 0.6) is 0 Å². The van der Waals surface area contributed by atoms with Gasteiger partial charge in [-0.25, -0.2) is 0 Å². The van der Waals surface area contributed by atoms with E-state index in [0.29, 0.717) is 17.2 Å². The van der Waals surface area contributed by atoms with Gasteiger partial charge in [-0.05, 0) is 43.5 Å². The highest BCUT2D eigenvalue weighted by Gasteiger charge is 2.32. The molecule has 88 valence electrons. The molecule has 1 aromatic carbocycles. The van der Waals surface area contributed by atoms with Crippen molar-refractivity contribution >= 4 is 11.8 Å². The van der Waals surface area contributed by atoms with E-state index in [1.54, 1.807) is 0 Å². The van der Waals surface area contributed by atoms with Crippen molar-refractivity contribution in [3.05, 3.63) is 28.8 Å². The predicted molar refractivity (Wildman–Crippen MR) is 72.2 cm³/mol. The zero-order valence-corrected chi connectivity index (χ0v) is 11.6. The van der Waals surface area contributed by atoms with Gasteiger partial charge in [-0.3, -0.25) is 0 Å². The summed E-state index contributed by atoms with van der Waals surface area (Å²) in [5.41, 5.74) is 4.37. The molecule has 1 heterocycles. The molecule has 1 aromatic rings. The van der Waals surface area contributed by atoms with Crippen LogP contribution >= 0.6 is 11.8 Å². The van der Waals surface area contributed by atoms with Crippen molar-refractivity contribution in [1.82, 2.24) is 5.32 Å². The van der Waals surface area contributed by atoms with Crippen molar-refractivity contribution in [2.24, 2.45) is 5.92 Å². The van der Waals surface area contributed by atoms with Crippen molar-refractivity contribution in [2.75, 3.05) is 7.05 Å². The Balaban J connectivity index is 2.59. The van der Waals surface area contributed by atoms with Crippen molar-refractivity contribution in [1.29, 1.82) is 0 Å². The van der Waals surface area contributed by atoms with Gasteiger partial charge in [0, 0.05) is 16.2 Å². The van der Waals surface area contributed by atoms with Crippen LogP contribution in [0.2, 0.25) is 0 Å². The van der Waals surface area contributed by atoms with Crippen LogP contribution in [0, 0.1) is 19.8 Å². The lowest BCUT2D eigenvalue weighted by Gasteiger charge is -2.37. The van der Waals surface area contributed by atoms with E-state index in [0.717, 1.165) is 0 Å². The first-order valence-electron chi connectivity index (χ1n) is 6.00. The molecule has 1 nitrogen and oxygen atoms in total. The fourth-order valence-electron chi connectivity index (χ4n) is 2.58. The van der Waals surface area contributed by atoms with E-state index in [2.05, 4.69) is 52.2 Å². The molecule has 0 saturated heterocycles. The number of rotatable bonds is 1. The molecule has 1 aliphatic rings. The molecule has 3 unspecified atom stereocenters. The van der Waals surface area contributed by atoms with E-state index in [1.165, 1.54) is 21.6 Å².